The van der Waals surface area contributed by atoms with E-state index in [1.54, 1.807) is 0 Å². The summed E-state index contributed by atoms with van der Waals surface area (Å²) in [6.07, 6.45) is 11.4. The lowest BCUT2D eigenvalue weighted by atomic mass is 10.00. The van der Waals surface area contributed by atoms with Gasteiger partial charge in [-0.15, -0.1) is 0 Å². The molecule has 0 nitrogen and oxygen atoms in total. The zero-order valence-electron chi connectivity index (χ0n) is 21.5. The van der Waals surface area contributed by atoms with Crippen LogP contribution < -0.4 is 0 Å². The molecule has 0 bridgehead atoms. The van der Waals surface area contributed by atoms with Crippen LogP contribution in [-0.4, -0.2) is 0 Å². The minimum Gasteiger partial charge on any atom is -0.206 e. The van der Waals surface area contributed by atoms with Crippen molar-refractivity contribution in [3.63, 3.8) is 0 Å². The summed E-state index contributed by atoms with van der Waals surface area (Å²) in [5.74, 6) is 6.42. The second-order valence-corrected chi connectivity index (χ2v) is 9.45. The van der Waals surface area contributed by atoms with Gasteiger partial charge in [0.15, 0.2) is 0 Å². The molecule has 0 spiro atoms. The standard InChI is InChI=1S/C35H35F/c1-3-5-7-8-27-10-12-28(13-11-27)14-15-29-16-18-30(19-17-29)20-21-31-22-25-34-33(26-31)24-23-32(35(34)36)9-6-4-2/h3,5,10-13,16-19,22-26H,4,6-9,14-15H2,1-2H3/b5-3+. The van der Waals surface area contributed by atoms with Crippen molar-refractivity contribution in [2.45, 2.75) is 58.8 Å². The molecule has 0 unspecified atom stereocenters. The lowest BCUT2D eigenvalue weighted by Crippen LogP contribution is -1.93. The van der Waals surface area contributed by atoms with E-state index in [0.29, 0.717) is 5.39 Å². The van der Waals surface area contributed by atoms with Crippen LogP contribution in [-0.2, 0) is 25.7 Å². The van der Waals surface area contributed by atoms with Gasteiger partial charge in [0, 0.05) is 16.5 Å². The van der Waals surface area contributed by atoms with Crippen molar-refractivity contribution in [1.29, 1.82) is 0 Å². The van der Waals surface area contributed by atoms with Crippen molar-refractivity contribution in [3.05, 3.63) is 130 Å². The topological polar surface area (TPSA) is 0 Å². The Morgan fingerprint density at radius 1 is 0.694 bits per heavy atom. The Balaban J connectivity index is 1.35. The maximum Gasteiger partial charge on any atom is 0.134 e. The van der Waals surface area contributed by atoms with Gasteiger partial charge in [-0.2, -0.15) is 0 Å². The molecule has 0 amide bonds. The van der Waals surface area contributed by atoms with Crippen LogP contribution in [0.15, 0.2) is 91.0 Å². The summed E-state index contributed by atoms with van der Waals surface area (Å²) in [6.45, 7) is 4.20. The SMILES string of the molecule is C/C=C/CCc1ccc(CCc2ccc(C#Cc3ccc4c(F)c(CCCC)ccc4c3)cc2)cc1. The third-order valence-corrected chi connectivity index (χ3v) is 6.70. The van der Waals surface area contributed by atoms with Gasteiger partial charge >= 0.3 is 0 Å². The molecular formula is C35H35F. The van der Waals surface area contributed by atoms with Crippen LogP contribution in [0.4, 0.5) is 4.39 Å². The van der Waals surface area contributed by atoms with Crippen molar-refractivity contribution in [3.8, 4) is 11.8 Å². The Bertz CT molecular complexity index is 1360. The molecule has 0 atom stereocenters. The van der Waals surface area contributed by atoms with E-state index in [9.17, 15) is 4.39 Å². The van der Waals surface area contributed by atoms with Gasteiger partial charge in [0.1, 0.15) is 5.82 Å². The lowest BCUT2D eigenvalue weighted by Gasteiger charge is -2.06. The zero-order chi connectivity index (χ0) is 25.2. The fourth-order valence-electron chi connectivity index (χ4n) is 4.45. The van der Waals surface area contributed by atoms with Crippen LogP contribution in [0.3, 0.4) is 0 Å². The van der Waals surface area contributed by atoms with Crippen LogP contribution in [0.5, 0.6) is 0 Å². The van der Waals surface area contributed by atoms with Crippen molar-refractivity contribution >= 4 is 10.8 Å². The molecule has 0 aromatic heterocycles. The molecule has 0 radical (unpaired) electrons. The Morgan fingerprint density at radius 3 is 1.97 bits per heavy atom. The first kappa shape index (κ1) is 25.5. The van der Waals surface area contributed by atoms with Crippen LogP contribution >= 0.6 is 0 Å². The number of benzene rings is 4. The summed E-state index contributed by atoms with van der Waals surface area (Å²) < 4.78 is 14.8. The number of allylic oxidation sites excluding steroid dienone is 2. The van der Waals surface area contributed by atoms with Crippen molar-refractivity contribution in [2.24, 2.45) is 0 Å². The van der Waals surface area contributed by atoms with Gasteiger partial charge in [0.2, 0.25) is 0 Å². The van der Waals surface area contributed by atoms with Crippen LogP contribution in [0.25, 0.3) is 10.8 Å². The number of aryl methyl sites for hydroxylation is 4. The van der Waals surface area contributed by atoms with Crippen molar-refractivity contribution < 1.29 is 4.39 Å². The van der Waals surface area contributed by atoms with Crippen LogP contribution in [0, 0.1) is 17.7 Å². The first-order chi connectivity index (χ1) is 17.7. The van der Waals surface area contributed by atoms with E-state index in [1.807, 2.05) is 30.3 Å². The monoisotopic (exact) mass is 474 g/mol. The molecular weight excluding hydrogens is 439 g/mol. The molecule has 182 valence electrons. The largest absolute Gasteiger partial charge is 0.206 e. The van der Waals surface area contributed by atoms with E-state index in [2.05, 4.69) is 86.4 Å². The van der Waals surface area contributed by atoms with E-state index >= 15 is 0 Å². The average molecular weight is 475 g/mol. The first-order valence-corrected chi connectivity index (χ1v) is 13.2. The molecule has 1 heteroatoms. The smallest absolute Gasteiger partial charge is 0.134 e. The summed E-state index contributed by atoms with van der Waals surface area (Å²) in [5.41, 5.74) is 6.79. The third-order valence-electron chi connectivity index (χ3n) is 6.70. The second-order valence-electron chi connectivity index (χ2n) is 9.45. The van der Waals surface area contributed by atoms with E-state index < -0.39 is 0 Å². The van der Waals surface area contributed by atoms with Gasteiger partial charge in [0.05, 0.1) is 0 Å². The van der Waals surface area contributed by atoms with Gasteiger partial charge in [0.25, 0.3) is 0 Å². The highest BCUT2D eigenvalue weighted by Crippen LogP contribution is 2.23. The number of fused-ring (bicyclic) bond motifs is 1. The fraction of sp³-hybridized carbons (Fsp3) is 0.257. The summed E-state index contributed by atoms with van der Waals surface area (Å²) in [6, 6.07) is 27.2. The summed E-state index contributed by atoms with van der Waals surface area (Å²) >= 11 is 0. The molecule has 0 N–H and O–H groups in total. The van der Waals surface area contributed by atoms with Gasteiger partial charge in [-0.25, -0.2) is 4.39 Å². The maximum atomic E-state index is 14.8. The summed E-state index contributed by atoms with van der Waals surface area (Å²) in [4.78, 5) is 0. The molecule has 0 aliphatic rings. The van der Waals surface area contributed by atoms with E-state index in [1.165, 1.54) is 16.7 Å². The number of halogens is 1. The number of hydrogen-bond donors (Lipinski definition) is 0. The van der Waals surface area contributed by atoms with Gasteiger partial charge in [-0.05, 0) is 97.4 Å². The molecule has 4 aromatic rings. The number of rotatable bonds is 9. The van der Waals surface area contributed by atoms with Crippen LogP contribution in [0.2, 0.25) is 0 Å². The van der Waals surface area contributed by atoms with Crippen molar-refractivity contribution in [1.82, 2.24) is 0 Å². The highest BCUT2D eigenvalue weighted by molar-refractivity contribution is 5.85. The molecule has 4 rings (SSSR count). The summed E-state index contributed by atoms with van der Waals surface area (Å²) in [7, 11) is 0. The minimum absolute atomic E-state index is 0.0867. The molecule has 0 aliphatic heterocycles. The quantitative estimate of drug-likeness (QED) is 0.168. The molecule has 4 aromatic carbocycles. The minimum atomic E-state index is -0.0867. The Kier molecular flexibility index (Phi) is 9.12. The Hall–Kier alpha value is -3.63. The predicted molar refractivity (Wildman–Crippen MR) is 152 cm³/mol. The summed E-state index contributed by atoms with van der Waals surface area (Å²) in [5, 5.41) is 1.59. The predicted octanol–water partition coefficient (Wildman–Crippen LogP) is 9.02. The third kappa shape index (κ3) is 6.96. The average Bonchev–Trinajstić information content (AvgIpc) is 2.92. The molecule has 0 fully saturated rings. The van der Waals surface area contributed by atoms with Gasteiger partial charge in [-0.1, -0.05) is 91.9 Å². The molecule has 0 saturated heterocycles. The molecule has 36 heavy (non-hydrogen) atoms. The Labute approximate surface area is 215 Å². The molecule has 0 saturated carbocycles. The Morgan fingerprint density at radius 2 is 1.31 bits per heavy atom. The van der Waals surface area contributed by atoms with Crippen LogP contribution in [0.1, 0.15) is 66.5 Å². The molecule has 0 heterocycles. The van der Waals surface area contributed by atoms with E-state index in [0.717, 1.165) is 67.0 Å². The number of hydrogen-bond acceptors (Lipinski definition) is 0. The molecule has 0 aliphatic carbocycles. The fourth-order valence-corrected chi connectivity index (χ4v) is 4.45. The van der Waals surface area contributed by atoms with Gasteiger partial charge in [-0.3, -0.25) is 0 Å². The lowest BCUT2D eigenvalue weighted by molar-refractivity contribution is 0.614. The maximum absolute atomic E-state index is 14.8. The number of unbranched alkanes of at least 4 members (excludes halogenated alkanes) is 1. The normalized spacial score (nSPS) is 11.1. The van der Waals surface area contributed by atoms with E-state index in [4.69, 9.17) is 0 Å². The van der Waals surface area contributed by atoms with Crippen molar-refractivity contribution in [2.75, 3.05) is 0 Å². The second kappa shape index (κ2) is 12.9. The van der Waals surface area contributed by atoms with Gasteiger partial charge < -0.3 is 0 Å². The highest BCUT2D eigenvalue weighted by atomic mass is 19.1. The van der Waals surface area contributed by atoms with E-state index in [-0.39, 0.29) is 5.82 Å². The highest BCUT2D eigenvalue weighted by Gasteiger charge is 2.07. The first-order valence-electron chi connectivity index (χ1n) is 13.2. The zero-order valence-corrected chi connectivity index (χ0v) is 21.5.